The van der Waals surface area contributed by atoms with E-state index in [1.165, 1.54) is 30.3 Å². The molecule has 0 spiro atoms. The summed E-state index contributed by atoms with van der Waals surface area (Å²) < 4.78 is 11.9. The van der Waals surface area contributed by atoms with Crippen LogP contribution < -0.4 is 20.1 Å². The van der Waals surface area contributed by atoms with Crippen LogP contribution in [0.2, 0.25) is 0 Å². The predicted molar refractivity (Wildman–Crippen MR) is 141 cm³/mol. The van der Waals surface area contributed by atoms with Gasteiger partial charge in [-0.25, -0.2) is 0 Å². The monoisotopic (exact) mass is 549 g/mol. The van der Waals surface area contributed by atoms with E-state index < -0.39 is 5.91 Å². The molecule has 0 bridgehead atoms. The van der Waals surface area contributed by atoms with Crippen molar-refractivity contribution in [1.82, 2.24) is 0 Å². The van der Waals surface area contributed by atoms with E-state index in [1.54, 1.807) is 25.1 Å². The molecule has 0 atom stereocenters. The molecule has 184 valence electrons. The lowest BCUT2D eigenvalue weighted by atomic mass is 10.1. The van der Waals surface area contributed by atoms with Gasteiger partial charge in [0.25, 0.3) is 11.8 Å². The van der Waals surface area contributed by atoms with E-state index in [9.17, 15) is 20.0 Å². The lowest BCUT2D eigenvalue weighted by molar-refractivity contribution is -0.118. The third kappa shape index (κ3) is 7.35. The topological polar surface area (TPSA) is 121 Å². The van der Waals surface area contributed by atoms with Crippen LogP contribution in [-0.2, 0) is 9.59 Å². The first-order valence-corrected chi connectivity index (χ1v) is 11.8. The number of nitrogens with one attached hydrogen (secondary N) is 2. The maximum atomic E-state index is 12.6. The molecule has 3 aromatic rings. The Labute approximate surface area is 217 Å². The van der Waals surface area contributed by atoms with Crippen molar-refractivity contribution in [2.45, 2.75) is 13.8 Å². The summed E-state index contributed by atoms with van der Waals surface area (Å²) in [4.78, 5) is 24.9. The number of aromatic hydroxyl groups is 1. The molecule has 0 saturated carbocycles. The zero-order valence-corrected chi connectivity index (χ0v) is 21.3. The fourth-order valence-electron chi connectivity index (χ4n) is 3.19. The molecule has 3 rings (SSSR count). The van der Waals surface area contributed by atoms with Crippen LogP contribution in [0.3, 0.4) is 0 Å². The molecular weight excluding hydrogens is 526 g/mol. The van der Waals surface area contributed by atoms with Gasteiger partial charge in [-0.05, 0) is 95.5 Å². The zero-order chi connectivity index (χ0) is 26.1. The molecule has 0 radical (unpaired) electrons. The number of rotatable bonds is 9. The van der Waals surface area contributed by atoms with Gasteiger partial charge in [0.2, 0.25) is 0 Å². The van der Waals surface area contributed by atoms with Gasteiger partial charge in [0.15, 0.2) is 18.1 Å². The van der Waals surface area contributed by atoms with Crippen molar-refractivity contribution in [3.8, 4) is 23.3 Å². The summed E-state index contributed by atoms with van der Waals surface area (Å²) in [6.07, 6.45) is 1.41. The van der Waals surface area contributed by atoms with Crippen molar-refractivity contribution in [3.05, 3.63) is 81.8 Å². The van der Waals surface area contributed by atoms with Gasteiger partial charge < -0.3 is 25.2 Å². The highest BCUT2D eigenvalue weighted by molar-refractivity contribution is 9.10. The summed E-state index contributed by atoms with van der Waals surface area (Å²) in [5.41, 5.74) is 2.50. The van der Waals surface area contributed by atoms with Crippen LogP contribution in [0.25, 0.3) is 6.08 Å². The third-order valence-corrected chi connectivity index (χ3v) is 5.37. The second-order valence-corrected chi connectivity index (χ2v) is 8.49. The Balaban J connectivity index is 1.76. The van der Waals surface area contributed by atoms with E-state index in [4.69, 9.17) is 9.47 Å². The van der Waals surface area contributed by atoms with Gasteiger partial charge in [0, 0.05) is 11.4 Å². The van der Waals surface area contributed by atoms with Gasteiger partial charge in [0.05, 0.1) is 11.1 Å². The number of ether oxygens (including phenoxy) is 2. The number of benzene rings is 3. The number of hydrogen-bond acceptors (Lipinski definition) is 6. The van der Waals surface area contributed by atoms with E-state index in [2.05, 4.69) is 26.6 Å². The van der Waals surface area contributed by atoms with E-state index in [1.807, 2.05) is 31.2 Å². The Hall–Kier alpha value is -4.29. The fraction of sp³-hybridized carbons (Fsp3) is 0.148. The Morgan fingerprint density at radius 1 is 1.06 bits per heavy atom. The van der Waals surface area contributed by atoms with Crippen molar-refractivity contribution < 1.29 is 24.2 Å². The van der Waals surface area contributed by atoms with Crippen molar-refractivity contribution in [3.63, 3.8) is 0 Å². The number of hydrogen-bond donors (Lipinski definition) is 3. The summed E-state index contributed by atoms with van der Waals surface area (Å²) in [7, 11) is 0. The smallest absolute Gasteiger partial charge is 0.266 e. The first kappa shape index (κ1) is 26.3. The van der Waals surface area contributed by atoms with Crippen molar-refractivity contribution >= 4 is 45.2 Å². The predicted octanol–water partition coefficient (Wildman–Crippen LogP) is 5.43. The van der Waals surface area contributed by atoms with Gasteiger partial charge in [-0.3, -0.25) is 9.59 Å². The number of nitrogens with zero attached hydrogens (tertiary/aromatic N) is 1. The van der Waals surface area contributed by atoms with Crippen LogP contribution in [0.4, 0.5) is 11.4 Å². The molecule has 3 N–H and O–H groups in total. The summed E-state index contributed by atoms with van der Waals surface area (Å²) in [5.74, 6) is -0.215. The van der Waals surface area contributed by atoms with E-state index in [0.717, 1.165) is 5.56 Å². The van der Waals surface area contributed by atoms with Crippen LogP contribution in [0.15, 0.2) is 70.7 Å². The molecule has 36 heavy (non-hydrogen) atoms. The number of aryl methyl sites for hydroxylation is 1. The lowest BCUT2D eigenvalue weighted by Gasteiger charge is -2.15. The van der Waals surface area contributed by atoms with E-state index in [-0.39, 0.29) is 23.8 Å². The van der Waals surface area contributed by atoms with Crippen LogP contribution in [0.1, 0.15) is 18.1 Å². The second-order valence-electron chi connectivity index (χ2n) is 7.64. The molecule has 0 fully saturated rings. The molecule has 0 aromatic heterocycles. The zero-order valence-electron chi connectivity index (χ0n) is 19.7. The van der Waals surface area contributed by atoms with Crippen LogP contribution in [-0.4, -0.2) is 30.1 Å². The molecule has 0 unspecified atom stereocenters. The number of amides is 2. The van der Waals surface area contributed by atoms with Gasteiger partial charge in [0.1, 0.15) is 17.4 Å². The molecule has 0 aliphatic carbocycles. The standard InChI is InChI=1S/C27H24BrN3O5/c1-3-35-24-14-18(12-19(15-29)27(34)31-20-7-9-22(32)10-8-20)13-23(28)26(24)36-16-25(33)30-21-6-4-5-17(2)11-21/h4-14,32H,3,16H2,1-2H3,(H,30,33)(H,31,34)/b19-12+. The summed E-state index contributed by atoms with van der Waals surface area (Å²) in [5, 5.41) is 24.3. The number of halogens is 1. The summed E-state index contributed by atoms with van der Waals surface area (Å²) in [6, 6.07) is 18.5. The number of phenols is 1. The maximum absolute atomic E-state index is 12.6. The SMILES string of the molecule is CCOc1cc(/C=C(\C#N)C(=O)Nc2ccc(O)cc2)cc(Br)c1OCC(=O)Nc1cccc(C)c1. The number of phenolic OH excluding ortho intramolecular Hbond substituents is 1. The van der Waals surface area contributed by atoms with Crippen molar-refractivity contribution in [2.75, 3.05) is 23.8 Å². The minimum Gasteiger partial charge on any atom is -0.508 e. The highest BCUT2D eigenvalue weighted by Crippen LogP contribution is 2.37. The average Bonchev–Trinajstić information content (AvgIpc) is 2.83. The van der Waals surface area contributed by atoms with E-state index >= 15 is 0 Å². The summed E-state index contributed by atoms with van der Waals surface area (Å²) in [6.45, 7) is 3.82. The van der Waals surface area contributed by atoms with E-state index in [0.29, 0.717) is 39.5 Å². The fourth-order valence-corrected chi connectivity index (χ4v) is 3.76. The largest absolute Gasteiger partial charge is 0.508 e. The molecule has 3 aromatic carbocycles. The molecule has 8 nitrogen and oxygen atoms in total. The first-order valence-electron chi connectivity index (χ1n) is 11.0. The normalized spacial score (nSPS) is 10.8. The minimum atomic E-state index is -0.606. The Morgan fingerprint density at radius 2 is 1.81 bits per heavy atom. The molecule has 9 heteroatoms. The van der Waals surface area contributed by atoms with Crippen LogP contribution in [0.5, 0.6) is 17.2 Å². The molecule has 0 heterocycles. The number of carbonyl (C=O) groups is 2. The third-order valence-electron chi connectivity index (χ3n) is 4.78. The lowest BCUT2D eigenvalue weighted by Crippen LogP contribution is -2.20. The molecule has 2 amide bonds. The molecule has 0 aliphatic heterocycles. The molecular formula is C27H24BrN3O5. The number of carbonyl (C=O) groups excluding carboxylic acids is 2. The van der Waals surface area contributed by atoms with Gasteiger partial charge in [-0.15, -0.1) is 0 Å². The van der Waals surface area contributed by atoms with Crippen molar-refractivity contribution in [2.24, 2.45) is 0 Å². The second kappa shape index (κ2) is 12.4. The van der Waals surface area contributed by atoms with Gasteiger partial charge >= 0.3 is 0 Å². The average molecular weight is 550 g/mol. The Kier molecular flexibility index (Phi) is 9.08. The van der Waals surface area contributed by atoms with Crippen LogP contribution in [0, 0.1) is 18.3 Å². The number of anilines is 2. The quantitative estimate of drug-likeness (QED) is 0.186. The highest BCUT2D eigenvalue weighted by atomic mass is 79.9. The Morgan fingerprint density at radius 3 is 2.47 bits per heavy atom. The van der Waals surface area contributed by atoms with Gasteiger partial charge in [-0.2, -0.15) is 5.26 Å². The Bertz CT molecular complexity index is 1330. The van der Waals surface area contributed by atoms with Crippen molar-refractivity contribution in [1.29, 1.82) is 5.26 Å². The summed E-state index contributed by atoms with van der Waals surface area (Å²) >= 11 is 3.43. The van der Waals surface area contributed by atoms with Crippen LogP contribution >= 0.6 is 15.9 Å². The first-order chi connectivity index (χ1) is 17.3. The molecule has 0 aliphatic rings. The molecule has 0 saturated heterocycles. The maximum Gasteiger partial charge on any atom is 0.266 e. The highest BCUT2D eigenvalue weighted by Gasteiger charge is 2.16. The number of nitriles is 1. The minimum absolute atomic E-state index is 0.0623. The van der Waals surface area contributed by atoms with Gasteiger partial charge in [-0.1, -0.05) is 12.1 Å².